The van der Waals surface area contributed by atoms with E-state index in [0.717, 1.165) is 38.5 Å². The van der Waals surface area contributed by atoms with Gasteiger partial charge in [0.25, 0.3) is 0 Å². The van der Waals surface area contributed by atoms with Crippen LogP contribution in [0, 0.1) is 62.6 Å². The van der Waals surface area contributed by atoms with E-state index in [9.17, 15) is 14.7 Å². The molecule has 0 aromatic heterocycles. The van der Waals surface area contributed by atoms with Crippen molar-refractivity contribution in [2.75, 3.05) is 0 Å². The Morgan fingerprint density at radius 3 is 2.16 bits per heavy atom. The van der Waals surface area contributed by atoms with Crippen LogP contribution >= 0.6 is 0 Å². The number of rotatable bonds is 4. The van der Waals surface area contributed by atoms with Crippen molar-refractivity contribution in [2.45, 2.75) is 132 Å². The van der Waals surface area contributed by atoms with Crippen molar-refractivity contribution >= 4 is 11.9 Å². The lowest BCUT2D eigenvalue weighted by Gasteiger charge is -2.72. The maximum Gasteiger partial charge on any atom is 0.309 e. The maximum absolute atomic E-state index is 12.9. The van der Waals surface area contributed by atoms with E-state index in [1.165, 1.54) is 25.7 Å². The minimum atomic E-state index is -0.507. The van der Waals surface area contributed by atoms with E-state index < -0.39 is 11.4 Å². The molecule has 4 heteroatoms. The molecule has 10 atom stereocenters. The van der Waals surface area contributed by atoms with Gasteiger partial charge in [0.1, 0.15) is 6.10 Å². The Bertz CT molecular complexity index is 939. The summed E-state index contributed by atoms with van der Waals surface area (Å²) in [5.41, 5.74) is 0.163. The second-order valence-corrected chi connectivity index (χ2v) is 15.8. The number of hydrogen-bond acceptors (Lipinski definition) is 3. The monoisotopic (exact) mass is 514 g/mol. The third-order valence-electron chi connectivity index (χ3n) is 14.3. The smallest absolute Gasteiger partial charge is 0.309 e. The fourth-order valence-corrected chi connectivity index (χ4v) is 12.2. The van der Waals surface area contributed by atoms with E-state index in [4.69, 9.17) is 4.74 Å². The highest BCUT2D eigenvalue weighted by Gasteiger charge is 2.72. The van der Waals surface area contributed by atoms with Crippen LogP contribution in [-0.2, 0) is 14.3 Å². The van der Waals surface area contributed by atoms with Crippen molar-refractivity contribution in [3.8, 4) is 0 Å². The predicted molar refractivity (Wildman–Crippen MR) is 147 cm³/mol. The Hall–Kier alpha value is -1.06. The summed E-state index contributed by atoms with van der Waals surface area (Å²) in [7, 11) is 0. The number of aliphatic carboxylic acids is 1. The van der Waals surface area contributed by atoms with Crippen molar-refractivity contribution < 1.29 is 19.4 Å². The largest absolute Gasteiger partial charge is 0.481 e. The van der Waals surface area contributed by atoms with E-state index in [-0.39, 0.29) is 33.7 Å². The molecule has 210 valence electrons. The van der Waals surface area contributed by atoms with E-state index >= 15 is 0 Å². The Morgan fingerprint density at radius 2 is 1.54 bits per heavy atom. The summed E-state index contributed by atoms with van der Waals surface area (Å²) in [5, 5.41) is 10.6. The van der Waals surface area contributed by atoms with Crippen LogP contribution in [0.5, 0.6) is 0 Å². The summed E-state index contributed by atoms with van der Waals surface area (Å²) in [6.45, 7) is 19.1. The van der Waals surface area contributed by atoms with E-state index in [0.29, 0.717) is 41.9 Å². The maximum atomic E-state index is 12.9. The summed E-state index contributed by atoms with van der Waals surface area (Å²) >= 11 is 0. The summed E-state index contributed by atoms with van der Waals surface area (Å²) in [4.78, 5) is 25.1. The third kappa shape index (κ3) is 3.51. The van der Waals surface area contributed by atoms with Gasteiger partial charge in [0.05, 0.1) is 5.41 Å². The van der Waals surface area contributed by atoms with E-state index in [1.54, 1.807) is 0 Å². The van der Waals surface area contributed by atoms with Gasteiger partial charge in [-0.1, -0.05) is 55.4 Å². The number of carbonyl (C=O) groups excluding carboxylic acids is 1. The molecule has 0 amide bonds. The lowest BCUT2D eigenvalue weighted by molar-refractivity contribution is -0.251. The van der Waals surface area contributed by atoms with Crippen LogP contribution in [0.25, 0.3) is 0 Å². The molecule has 4 nitrogen and oxygen atoms in total. The van der Waals surface area contributed by atoms with Crippen LogP contribution < -0.4 is 0 Å². The highest BCUT2D eigenvalue weighted by Crippen LogP contribution is 2.77. The number of carbonyl (C=O) groups is 2. The first kappa shape index (κ1) is 27.5. The van der Waals surface area contributed by atoms with Gasteiger partial charge in [-0.25, -0.2) is 0 Å². The van der Waals surface area contributed by atoms with Gasteiger partial charge in [-0.05, 0) is 116 Å². The average molecular weight is 515 g/mol. The van der Waals surface area contributed by atoms with Crippen molar-refractivity contribution in [3.63, 3.8) is 0 Å². The number of carboxylic acid groups (broad SMARTS) is 1. The molecule has 5 rings (SSSR count). The summed E-state index contributed by atoms with van der Waals surface area (Å²) < 4.78 is 6.04. The number of ether oxygens (including phenoxy) is 1. The number of esters is 1. The fraction of sp³-hybridized carbons (Fsp3) is 0.939. The first-order chi connectivity index (χ1) is 17.2. The minimum Gasteiger partial charge on any atom is -0.481 e. The van der Waals surface area contributed by atoms with Crippen LogP contribution in [0.2, 0.25) is 0 Å². The van der Waals surface area contributed by atoms with E-state index in [1.807, 2.05) is 6.92 Å². The normalized spacial score (nSPS) is 50.4. The molecular formula is C33H54O4. The molecule has 0 heterocycles. The second-order valence-electron chi connectivity index (χ2n) is 15.8. The molecule has 0 radical (unpaired) electrons. The summed E-state index contributed by atoms with van der Waals surface area (Å²) in [6.07, 6.45) is 11.3. The molecule has 0 bridgehead atoms. The van der Waals surface area contributed by atoms with Crippen LogP contribution in [0.1, 0.15) is 126 Å². The SMILES string of the molecule is CCC(=O)O[C@@H]1CC[C@@]2(C)[C@@H](CCC3(C)[C@@H]2CCC2C4[C@H](C(C)C)CC[C@]4(C(=O)O)CC[C@]23C)C1(C)C. The molecule has 0 aliphatic heterocycles. The van der Waals surface area contributed by atoms with Crippen LogP contribution in [-0.4, -0.2) is 23.1 Å². The molecule has 37 heavy (non-hydrogen) atoms. The highest BCUT2D eigenvalue weighted by molar-refractivity contribution is 5.76. The minimum absolute atomic E-state index is 0.0177. The third-order valence-corrected chi connectivity index (χ3v) is 14.3. The van der Waals surface area contributed by atoms with Crippen molar-refractivity contribution in [1.82, 2.24) is 0 Å². The zero-order valence-corrected chi connectivity index (χ0v) is 25.0. The zero-order valence-electron chi connectivity index (χ0n) is 25.0. The first-order valence-electron chi connectivity index (χ1n) is 15.6. The predicted octanol–water partition coefficient (Wildman–Crippen LogP) is 8.13. The van der Waals surface area contributed by atoms with Crippen LogP contribution in [0.15, 0.2) is 0 Å². The van der Waals surface area contributed by atoms with Gasteiger partial charge in [-0.2, -0.15) is 0 Å². The molecule has 3 unspecified atom stereocenters. The standard InChI is InChI=1S/C33H54O4/c1-9-26(34)37-25-14-15-30(6)23(29(25,4)5)13-16-32(8)24(30)11-10-22-27-21(20(2)3)12-17-33(27,28(35)36)19-18-31(22,32)7/h20-25,27H,9-19H2,1-8H3,(H,35,36)/t21-,22?,23-,24+,25+,27?,30-,31+,32?,33-/m0/s1. The van der Waals surface area contributed by atoms with Gasteiger partial charge in [0.15, 0.2) is 0 Å². The average Bonchev–Trinajstić information content (AvgIpc) is 3.23. The first-order valence-corrected chi connectivity index (χ1v) is 15.6. The van der Waals surface area contributed by atoms with Crippen LogP contribution in [0.4, 0.5) is 0 Å². The molecule has 0 aromatic rings. The Morgan fingerprint density at radius 1 is 0.838 bits per heavy atom. The van der Waals surface area contributed by atoms with Gasteiger partial charge in [0.2, 0.25) is 0 Å². The lowest BCUT2D eigenvalue weighted by Crippen LogP contribution is -2.67. The molecule has 0 saturated heterocycles. The summed E-state index contributed by atoms with van der Waals surface area (Å²) in [6, 6.07) is 0. The van der Waals surface area contributed by atoms with Crippen LogP contribution in [0.3, 0.4) is 0 Å². The topological polar surface area (TPSA) is 63.6 Å². The Labute approximate surface area is 226 Å². The van der Waals surface area contributed by atoms with Gasteiger partial charge < -0.3 is 9.84 Å². The molecular weight excluding hydrogens is 460 g/mol. The van der Waals surface area contributed by atoms with Gasteiger partial charge in [0, 0.05) is 11.8 Å². The summed E-state index contributed by atoms with van der Waals surface area (Å²) in [5.74, 6) is 2.57. The van der Waals surface area contributed by atoms with Gasteiger partial charge in [-0.15, -0.1) is 0 Å². The van der Waals surface area contributed by atoms with Crippen molar-refractivity contribution in [2.24, 2.45) is 62.6 Å². The Kier molecular flexibility index (Phi) is 6.48. The molecule has 0 aromatic carbocycles. The second kappa shape index (κ2) is 8.72. The Balaban J connectivity index is 1.50. The quantitative estimate of drug-likeness (QED) is 0.385. The number of hydrogen-bond donors (Lipinski definition) is 1. The molecule has 5 aliphatic rings. The van der Waals surface area contributed by atoms with E-state index in [2.05, 4.69) is 48.5 Å². The molecule has 5 saturated carbocycles. The van der Waals surface area contributed by atoms with Crippen molar-refractivity contribution in [1.29, 1.82) is 0 Å². The molecule has 5 fully saturated rings. The van der Waals surface area contributed by atoms with Gasteiger partial charge in [-0.3, -0.25) is 9.59 Å². The number of fused-ring (bicyclic) bond motifs is 7. The highest BCUT2D eigenvalue weighted by atomic mass is 16.5. The van der Waals surface area contributed by atoms with Crippen molar-refractivity contribution in [3.05, 3.63) is 0 Å². The molecule has 5 aliphatic carbocycles. The fourth-order valence-electron chi connectivity index (χ4n) is 12.2. The molecule has 1 N–H and O–H groups in total. The van der Waals surface area contributed by atoms with Gasteiger partial charge >= 0.3 is 11.9 Å². The molecule has 0 spiro atoms. The number of carboxylic acids is 1. The lowest BCUT2D eigenvalue weighted by atomic mass is 9.32. The zero-order chi connectivity index (χ0) is 27.2.